The number of hydrogen-bond acceptors (Lipinski definition) is 10. The molecule has 1 N–H and O–H groups in total. The predicted molar refractivity (Wildman–Crippen MR) is 105 cm³/mol. The summed E-state index contributed by atoms with van der Waals surface area (Å²) in [5.74, 6) is -1.41. The third kappa shape index (κ3) is 7.94. The van der Waals surface area contributed by atoms with Gasteiger partial charge in [-0.2, -0.15) is 0 Å². The summed E-state index contributed by atoms with van der Waals surface area (Å²) in [6.07, 6.45) is -3.08. The molecule has 0 aromatic heterocycles. The van der Waals surface area contributed by atoms with E-state index >= 15 is 0 Å². The molecule has 0 aliphatic carbocycles. The maximum Gasteiger partial charge on any atom is 0.320 e. The fraction of sp³-hybridized carbons (Fsp3) is 0.833. The average Bonchev–Trinajstić information content (AvgIpc) is 2.50. The molecule has 4 atom stereocenters. The molecule has 0 spiro atoms. The zero-order valence-electron chi connectivity index (χ0n) is 17.6. The molecule has 0 aromatic carbocycles. The molecule has 1 aliphatic rings. The van der Waals surface area contributed by atoms with Gasteiger partial charge in [0.05, 0.1) is 18.5 Å². The van der Waals surface area contributed by atoms with Gasteiger partial charge in [-0.15, -0.1) is 11.8 Å². The first-order valence-corrected chi connectivity index (χ1v) is 10.0. The molecule has 28 heavy (non-hydrogen) atoms. The average molecular weight is 421 g/mol. The number of aliphatic hydroxyl groups is 1. The first kappa shape index (κ1) is 24.7. The largest absolute Gasteiger partial charge is 0.457 e. The zero-order valence-corrected chi connectivity index (χ0v) is 18.4. The number of nitrogens with zero attached hydrogens (tertiary/aromatic N) is 2. The lowest BCUT2D eigenvalue weighted by molar-refractivity contribution is -0.193. The van der Waals surface area contributed by atoms with Gasteiger partial charge in [-0.05, 0) is 49.0 Å². The van der Waals surface area contributed by atoms with Crippen LogP contribution in [0.15, 0.2) is 0 Å². The summed E-state index contributed by atoms with van der Waals surface area (Å²) in [4.78, 5) is 39.9. The van der Waals surface area contributed by atoms with E-state index in [2.05, 4.69) is 0 Å². The minimum absolute atomic E-state index is 0.00129. The molecule has 10 heteroatoms. The molecular weight excluding hydrogens is 388 g/mol. The Morgan fingerprint density at radius 3 is 1.82 bits per heavy atom. The third-order valence-electron chi connectivity index (χ3n) is 3.70. The Labute approximate surface area is 170 Å². The normalized spacial score (nSPS) is 25.5. The number of rotatable bonds is 7. The van der Waals surface area contributed by atoms with Gasteiger partial charge >= 0.3 is 17.9 Å². The highest BCUT2D eigenvalue weighted by Gasteiger charge is 2.47. The fourth-order valence-electron chi connectivity index (χ4n) is 2.33. The van der Waals surface area contributed by atoms with E-state index in [4.69, 9.17) is 14.2 Å². The first-order chi connectivity index (χ1) is 12.8. The Kier molecular flexibility index (Phi) is 9.19. The lowest BCUT2D eigenvalue weighted by Gasteiger charge is -2.39. The molecule has 0 bridgehead atoms. The van der Waals surface area contributed by atoms with Gasteiger partial charge in [-0.3, -0.25) is 24.2 Å². The molecule has 0 radical (unpaired) electrons. The van der Waals surface area contributed by atoms with Crippen LogP contribution in [0, 0.1) is 5.41 Å². The van der Waals surface area contributed by atoms with Crippen LogP contribution >= 0.6 is 11.8 Å². The van der Waals surface area contributed by atoms with E-state index in [1.54, 1.807) is 58.8 Å². The van der Waals surface area contributed by atoms with Gasteiger partial charge in [0.25, 0.3) is 0 Å². The van der Waals surface area contributed by atoms with Crippen LogP contribution in [-0.4, -0.2) is 104 Å². The predicted octanol–water partition coefficient (Wildman–Crippen LogP) is -0.0437. The summed E-state index contributed by atoms with van der Waals surface area (Å²) in [5, 5.41) is 10.4. The van der Waals surface area contributed by atoms with Crippen molar-refractivity contribution in [3.63, 3.8) is 0 Å². The van der Waals surface area contributed by atoms with E-state index < -0.39 is 47.1 Å². The van der Waals surface area contributed by atoms with Gasteiger partial charge < -0.3 is 19.3 Å². The van der Waals surface area contributed by atoms with Crippen molar-refractivity contribution in [1.29, 1.82) is 0 Å². The highest BCUT2D eigenvalue weighted by molar-refractivity contribution is 7.99. The first-order valence-electron chi connectivity index (χ1n) is 9.00. The molecule has 1 heterocycles. The van der Waals surface area contributed by atoms with Crippen LogP contribution in [0.1, 0.15) is 20.8 Å². The highest BCUT2D eigenvalue weighted by Crippen LogP contribution is 2.32. The van der Waals surface area contributed by atoms with Crippen molar-refractivity contribution in [2.45, 2.75) is 44.5 Å². The number of carbonyl (C=O) groups is 3. The van der Waals surface area contributed by atoms with E-state index in [0.29, 0.717) is 0 Å². The van der Waals surface area contributed by atoms with Gasteiger partial charge in [0, 0.05) is 5.75 Å². The summed E-state index contributed by atoms with van der Waals surface area (Å²) >= 11 is 1.08. The Hall–Kier alpha value is -1.36. The quantitative estimate of drug-likeness (QED) is 0.445. The maximum atomic E-state index is 12.3. The number of hydrogen-bond donors (Lipinski definition) is 1. The molecular formula is C18H32N2O7S. The molecule has 1 saturated heterocycles. The molecule has 1 fully saturated rings. The van der Waals surface area contributed by atoms with Gasteiger partial charge in [0.1, 0.15) is 5.44 Å². The highest BCUT2D eigenvalue weighted by atomic mass is 32.2. The Balaban J connectivity index is 3.04. The lowest BCUT2D eigenvalue weighted by Crippen LogP contribution is -2.55. The lowest BCUT2D eigenvalue weighted by atomic mass is 9.97. The van der Waals surface area contributed by atoms with Crippen LogP contribution < -0.4 is 0 Å². The van der Waals surface area contributed by atoms with Gasteiger partial charge in [-0.25, -0.2) is 0 Å². The van der Waals surface area contributed by atoms with Crippen molar-refractivity contribution in [3.8, 4) is 0 Å². The van der Waals surface area contributed by atoms with Crippen molar-refractivity contribution in [2.75, 3.05) is 47.0 Å². The molecule has 162 valence electrons. The number of carbonyl (C=O) groups excluding carboxylic acids is 3. The molecule has 0 unspecified atom stereocenters. The van der Waals surface area contributed by atoms with Crippen molar-refractivity contribution >= 4 is 29.7 Å². The van der Waals surface area contributed by atoms with Crippen LogP contribution in [0.5, 0.6) is 0 Å². The van der Waals surface area contributed by atoms with Crippen LogP contribution in [0.3, 0.4) is 0 Å². The molecule has 0 aromatic rings. The van der Waals surface area contributed by atoms with Crippen molar-refractivity contribution in [3.05, 3.63) is 0 Å². The van der Waals surface area contributed by atoms with Crippen LogP contribution in [0.4, 0.5) is 0 Å². The number of thioether (sulfide) groups is 1. The fourth-order valence-corrected chi connectivity index (χ4v) is 3.38. The second kappa shape index (κ2) is 10.4. The van der Waals surface area contributed by atoms with E-state index in [1.807, 2.05) is 0 Å². The minimum atomic E-state index is -1.14. The summed E-state index contributed by atoms with van der Waals surface area (Å²) in [6, 6.07) is 0. The number of esters is 3. The second-order valence-electron chi connectivity index (χ2n) is 8.30. The SMILES string of the molecule is CN(C)CC(=O)O[C@@H]1[C@@H](OC(=O)CN(C)C)[C@H](OC(=O)C(C)(C)C)CS[C@H]1O. The number of likely N-dealkylation sites (N-methyl/N-ethyl adjacent to an activating group) is 2. The van der Waals surface area contributed by atoms with E-state index in [-0.39, 0.29) is 18.8 Å². The molecule has 1 aliphatic heterocycles. The van der Waals surface area contributed by atoms with Crippen LogP contribution in [0.2, 0.25) is 0 Å². The Morgan fingerprint density at radius 1 is 0.929 bits per heavy atom. The number of ether oxygens (including phenoxy) is 3. The Bertz CT molecular complexity index is 563. The van der Waals surface area contributed by atoms with E-state index in [0.717, 1.165) is 11.8 Å². The van der Waals surface area contributed by atoms with Gasteiger partial charge in [0.2, 0.25) is 0 Å². The standard InChI is InChI=1S/C18H32N2O7S/c1-18(2,3)17(24)25-11-10-28-16(23)15(27-13(22)9-20(6)7)14(11)26-12(21)8-19(4)5/h11,14-16,23H,8-10H2,1-7H3/t11-,14+,15-,16-/m1/s1. The molecule has 9 nitrogen and oxygen atoms in total. The van der Waals surface area contributed by atoms with Crippen molar-refractivity contribution in [2.24, 2.45) is 5.41 Å². The topological polar surface area (TPSA) is 106 Å². The van der Waals surface area contributed by atoms with Crippen molar-refractivity contribution < 1.29 is 33.7 Å². The summed E-state index contributed by atoms with van der Waals surface area (Å²) < 4.78 is 16.4. The van der Waals surface area contributed by atoms with Crippen molar-refractivity contribution in [1.82, 2.24) is 9.80 Å². The summed E-state index contributed by atoms with van der Waals surface area (Å²) in [7, 11) is 6.82. The van der Waals surface area contributed by atoms with Crippen LogP contribution in [-0.2, 0) is 28.6 Å². The van der Waals surface area contributed by atoms with E-state index in [9.17, 15) is 19.5 Å². The molecule has 0 saturated carbocycles. The van der Waals surface area contributed by atoms with Gasteiger partial charge in [-0.1, -0.05) is 0 Å². The molecule has 1 rings (SSSR count). The second-order valence-corrected chi connectivity index (χ2v) is 9.45. The number of aliphatic hydroxyl groups excluding tert-OH is 1. The monoisotopic (exact) mass is 420 g/mol. The summed E-state index contributed by atoms with van der Waals surface area (Å²) in [6.45, 7) is 5.13. The minimum Gasteiger partial charge on any atom is -0.457 e. The van der Waals surface area contributed by atoms with E-state index in [1.165, 1.54) is 0 Å². The smallest absolute Gasteiger partial charge is 0.320 e. The zero-order chi connectivity index (χ0) is 21.6. The third-order valence-corrected chi connectivity index (χ3v) is 4.83. The Morgan fingerprint density at radius 2 is 1.39 bits per heavy atom. The maximum absolute atomic E-state index is 12.3. The molecule has 0 amide bonds. The van der Waals surface area contributed by atoms with Crippen LogP contribution in [0.25, 0.3) is 0 Å². The summed E-state index contributed by atoms with van der Waals surface area (Å²) in [5.41, 5.74) is -1.86. The van der Waals surface area contributed by atoms with Gasteiger partial charge in [0.15, 0.2) is 18.3 Å².